The van der Waals surface area contributed by atoms with Crippen molar-refractivity contribution >= 4 is 23.2 Å². The predicted octanol–water partition coefficient (Wildman–Crippen LogP) is 0.620. The van der Waals surface area contributed by atoms with Crippen LogP contribution in [0.5, 0.6) is 5.75 Å². The molecule has 34 heavy (non-hydrogen) atoms. The van der Waals surface area contributed by atoms with Gasteiger partial charge in [-0.05, 0) is 36.5 Å². The summed E-state index contributed by atoms with van der Waals surface area (Å²) in [4.78, 5) is 46.7. The van der Waals surface area contributed by atoms with Gasteiger partial charge in [-0.25, -0.2) is 9.97 Å². The minimum Gasteiger partial charge on any atom is -0.511 e. The van der Waals surface area contributed by atoms with E-state index in [9.17, 15) is 34.8 Å². The number of primary amides is 1. The molecule has 0 fully saturated rings. The van der Waals surface area contributed by atoms with Gasteiger partial charge in [0, 0.05) is 35.9 Å². The van der Waals surface area contributed by atoms with Crippen LogP contribution in [-0.4, -0.2) is 53.5 Å². The molecule has 1 aromatic heterocycles. The van der Waals surface area contributed by atoms with Gasteiger partial charge in [-0.15, -0.1) is 0 Å². The van der Waals surface area contributed by atoms with Gasteiger partial charge in [0.15, 0.2) is 17.2 Å². The fraction of sp³-hybridized carbons (Fsp3) is 0.261. The number of rotatable bonds is 2. The van der Waals surface area contributed by atoms with E-state index in [1.807, 2.05) is 0 Å². The molecule has 0 bridgehead atoms. The second-order valence-electron chi connectivity index (χ2n) is 8.70. The van der Waals surface area contributed by atoms with Gasteiger partial charge >= 0.3 is 0 Å². The van der Waals surface area contributed by atoms with E-state index in [0.717, 1.165) is 0 Å². The second-order valence-corrected chi connectivity index (χ2v) is 8.70. The summed E-state index contributed by atoms with van der Waals surface area (Å²) in [7, 11) is 0. The summed E-state index contributed by atoms with van der Waals surface area (Å²) in [6.07, 6.45) is 2.90. The van der Waals surface area contributed by atoms with Crippen LogP contribution in [0.15, 0.2) is 47.2 Å². The Morgan fingerprint density at radius 2 is 1.79 bits per heavy atom. The Morgan fingerprint density at radius 1 is 1.12 bits per heavy atom. The largest absolute Gasteiger partial charge is 0.511 e. The number of carbonyl (C=O) groups excluding carboxylic acids is 3. The van der Waals surface area contributed by atoms with E-state index in [2.05, 4.69) is 9.97 Å². The van der Waals surface area contributed by atoms with Gasteiger partial charge in [-0.1, -0.05) is 0 Å². The molecule has 0 saturated heterocycles. The summed E-state index contributed by atoms with van der Waals surface area (Å²) in [5.74, 6) is -6.73. The van der Waals surface area contributed by atoms with Crippen LogP contribution in [0, 0.1) is 11.8 Å². The maximum atomic E-state index is 13.6. The van der Waals surface area contributed by atoms with Gasteiger partial charge < -0.3 is 31.9 Å². The molecule has 0 unspecified atom stereocenters. The van der Waals surface area contributed by atoms with Gasteiger partial charge in [0.05, 0.1) is 11.3 Å². The SMILES string of the molecule is NC(=O)C1=C(O)C[C@@H]2C[C@@H]3Cc4c(-c5ncccn5)cc(N)c(O)c4C(=O)C3=C(O)[C@]2(O)C1=O. The molecule has 11 nitrogen and oxygen atoms in total. The van der Waals surface area contributed by atoms with E-state index in [1.165, 1.54) is 18.5 Å². The van der Waals surface area contributed by atoms with E-state index < -0.39 is 57.8 Å². The lowest BCUT2D eigenvalue weighted by Crippen LogP contribution is -2.57. The van der Waals surface area contributed by atoms with Crippen molar-refractivity contribution in [3.63, 3.8) is 0 Å². The molecule has 8 N–H and O–H groups in total. The van der Waals surface area contributed by atoms with Gasteiger partial charge in [0.25, 0.3) is 5.91 Å². The minimum atomic E-state index is -2.61. The number of nitrogens with two attached hydrogens (primary N) is 2. The molecule has 174 valence electrons. The third-order valence-corrected chi connectivity index (χ3v) is 6.90. The number of phenols is 1. The number of amides is 1. The number of anilines is 1. The second kappa shape index (κ2) is 7.12. The minimum absolute atomic E-state index is 0.0309. The molecular weight excluding hydrogens is 444 g/mol. The van der Waals surface area contributed by atoms with Crippen molar-refractivity contribution < 1.29 is 34.8 Å². The number of aromatic nitrogens is 2. The number of Topliss-reactive ketones (excluding diaryl/α,β-unsaturated/α-hetero) is 2. The topological polar surface area (TPSA) is 210 Å². The van der Waals surface area contributed by atoms with E-state index in [-0.39, 0.29) is 41.9 Å². The van der Waals surface area contributed by atoms with Crippen molar-refractivity contribution in [2.45, 2.75) is 24.9 Å². The number of nitrogens with zero attached hydrogens (tertiary/aromatic N) is 2. The molecule has 0 aliphatic heterocycles. The molecule has 2 aromatic rings. The average molecular weight is 464 g/mol. The average Bonchev–Trinajstić information content (AvgIpc) is 2.79. The summed E-state index contributed by atoms with van der Waals surface area (Å²) in [6.45, 7) is 0. The molecule has 1 heterocycles. The quantitative estimate of drug-likeness (QED) is 0.207. The fourth-order valence-corrected chi connectivity index (χ4v) is 5.35. The van der Waals surface area contributed by atoms with Crippen LogP contribution in [0.1, 0.15) is 28.8 Å². The Labute approximate surface area is 192 Å². The van der Waals surface area contributed by atoms with Crippen LogP contribution in [0.4, 0.5) is 5.69 Å². The lowest BCUT2D eigenvalue weighted by Gasteiger charge is -2.45. The lowest BCUT2D eigenvalue weighted by molar-refractivity contribution is -0.144. The van der Waals surface area contributed by atoms with Gasteiger partial charge in [-0.3, -0.25) is 14.4 Å². The first kappa shape index (κ1) is 21.6. The molecule has 3 aliphatic carbocycles. The first-order chi connectivity index (χ1) is 16.1. The highest BCUT2D eigenvalue weighted by Gasteiger charge is 2.59. The lowest BCUT2D eigenvalue weighted by atomic mass is 9.60. The van der Waals surface area contributed by atoms with E-state index >= 15 is 0 Å². The zero-order valence-electron chi connectivity index (χ0n) is 17.6. The number of hydrogen-bond donors (Lipinski definition) is 6. The highest BCUT2D eigenvalue weighted by Crippen LogP contribution is 2.52. The van der Waals surface area contributed by atoms with Gasteiger partial charge in [0.2, 0.25) is 5.78 Å². The van der Waals surface area contributed by atoms with Crippen LogP contribution < -0.4 is 11.5 Å². The number of hydrogen-bond acceptors (Lipinski definition) is 10. The third-order valence-electron chi connectivity index (χ3n) is 6.90. The Morgan fingerprint density at radius 3 is 2.44 bits per heavy atom. The first-order valence-corrected chi connectivity index (χ1v) is 10.5. The Bertz CT molecular complexity index is 1370. The number of aliphatic hydroxyl groups excluding tert-OH is 2. The normalized spacial score (nSPS) is 26.1. The third kappa shape index (κ3) is 2.70. The number of phenolic OH excluding ortho intramolecular Hbond substituents is 1. The van der Waals surface area contributed by atoms with Crippen LogP contribution in [0.25, 0.3) is 11.4 Å². The first-order valence-electron chi connectivity index (χ1n) is 10.5. The molecule has 0 spiro atoms. The van der Waals surface area contributed by atoms with Gasteiger partial charge in [0.1, 0.15) is 22.8 Å². The number of ketones is 2. The van der Waals surface area contributed by atoms with E-state index in [4.69, 9.17) is 11.5 Å². The maximum Gasteiger partial charge on any atom is 0.255 e. The zero-order valence-corrected chi connectivity index (χ0v) is 17.6. The number of fused-ring (bicyclic) bond motifs is 3. The summed E-state index contributed by atoms with van der Waals surface area (Å²) in [5.41, 5.74) is 7.99. The van der Waals surface area contributed by atoms with E-state index in [1.54, 1.807) is 6.07 Å². The summed E-state index contributed by atoms with van der Waals surface area (Å²) < 4.78 is 0. The number of aliphatic hydroxyl groups is 3. The highest BCUT2D eigenvalue weighted by molar-refractivity contribution is 6.24. The molecule has 3 aliphatic rings. The number of carbonyl (C=O) groups is 3. The molecule has 11 heteroatoms. The smallest absolute Gasteiger partial charge is 0.255 e. The van der Waals surface area contributed by atoms with Crippen LogP contribution >= 0.6 is 0 Å². The Balaban J connectivity index is 1.72. The number of aromatic hydroxyl groups is 1. The maximum absolute atomic E-state index is 13.6. The highest BCUT2D eigenvalue weighted by atomic mass is 16.3. The van der Waals surface area contributed by atoms with Crippen LogP contribution in [0.2, 0.25) is 0 Å². The monoisotopic (exact) mass is 464 g/mol. The molecule has 0 saturated carbocycles. The molecule has 5 rings (SSSR count). The zero-order chi connectivity index (χ0) is 24.5. The molecule has 1 aromatic carbocycles. The molecule has 3 atom stereocenters. The standard InChI is InChI=1S/C23H20N4O7/c24-12-7-11(22-26-2-1-3-27-22)10-5-8-4-9-6-13(28)16(21(25)33)20(32)23(9,34)19(31)14(8)18(30)15(10)17(12)29/h1-3,7-9,28-29,31,34H,4-6,24H2,(H2,25,33)/t8-,9+,23+/m1/s1. The predicted molar refractivity (Wildman–Crippen MR) is 116 cm³/mol. The van der Waals surface area contributed by atoms with Gasteiger partial charge in [-0.2, -0.15) is 0 Å². The number of benzene rings is 1. The molecule has 0 radical (unpaired) electrons. The number of allylic oxidation sites excluding steroid dienone is 2. The number of nitrogen functional groups attached to an aromatic ring is 1. The fourth-order valence-electron chi connectivity index (χ4n) is 5.35. The molecule has 1 amide bonds. The van der Waals surface area contributed by atoms with Crippen molar-refractivity contribution in [1.29, 1.82) is 0 Å². The van der Waals surface area contributed by atoms with Crippen molar-refractivity contribution in [2.24, 2.45) is 17.6 Å². The van der Waals surface area contributed by atoms with E-state index in [0.29, 0.717) is 11.1 Å². The summed E-state index contributed by atoms with van der Waals surface area (Å²) >= 11 is 0. The van der Waals surface area contributed by atoms with Crippen molar-refractivity contribution in [1.82, 2.24) is 9.97 Å². The Hall–Kier alpha value is -4.25. The van der Waals surface area contributed by atoms with Crippen LogP contribution in [0.3, 0.4) is 0 Å². The van der Waals surface area contributed by atoms with Crippen molar-refractivity contribution in [3.05, 3.63) is 58.3 Å². The van der Waals surface area contributed by atoms with Crippen molar-refractivity contribution in [2.75, 3.05) is 5.73 Å². The Kier molecular flexibility index (Phi) is 4.52. The molecular formula is C23H20N4O7. The summed E-state index contributed by atoms with van der Waals surface area (Å²) in [6, 6.07) is 3.08. The summed E-state index contributed by atoms with van der Waals surface area (Å²) in [5, 5.41) is 43.2. The van der Waals surface area contributed by atoms with Crippen molar-refractivity contribution in [3.8, 4) is 17.1 Å². The van der Waals surface area contributed by atoms with Crippen LogP contribution in [-0.2, 0) is 16.0 Å².